The van der Waals surface area contributed by atoms with Crippen LogP contribution in [0, 0.1) is 0 Å². The zero-order valence-electron chi connectivity index (χ0n) is 16.0. The highest BCUT2D eigenvalue weighted by Gasteiger charge is 2.11. The Balaban J connectivity index is 1.87. The van der Waals surface area contributed by atoms with Gasteiger partial charge in [-0.15, -0.1) is 0 Å². The number of halogens is 1. The molecule has 0 amide bonds. The molecule has 0 aliphatic rings. The molecular weight excluding hydrogens is 350 g/mol. The second-order valence-electron chi connectivity index (χ2n) is 6.17. The number of para-hydroxylation sites is 1. The topological polar surface area (TPSA) is 39.7 Å². The van der Waals surface area contributed by atoms with Crippen molar-refractivity contribution < 1.29 is 14.2 Å². The zero-order valence-corrected chi connectivity index (χ0v) is 16.7. The molecule has 2 aromatic rings. The van der Waals surface area contributed by atoms with Crippen LogP contribution in [-0.4, -0.2) is 27.4 Å². The Morgan fingerprint density at radius 3 is 2.42 bits per heavy atom. The van der Waals surface area contributed by atoms with Gasteiger partial charge in [-0.2, -0.15) is 0 Å². The third-order valence-corrected chi connectivity index (χ3v) is 4.82. The van der Waals surface area contributed by atoms with E-state index in [9.17, 15) is 0 Å². The van der Waals surface area contributed by atoms with Crippen LogP contribution in [0.1, 0.15) is 37.3 Å². The van der Waals surface area contributed by atoms with Crippen molar-refractivity contribution in [2.75, 3.05) is 27.4 Å². The third kappa shape index (κ3) is 5.29. The summed E-state index contributed by atoms with van der Waals surface area (Å²) in [5, 5.41) is 4.01. The van der Waals surface area contributed by atoms with Gasteiger partial charge >= 0.3 is 0 Å². The molecule has 26 heavy (non-hydrogen) atoms. The van der Waals surface area contributed by atoms with Crippen LogP contribution < -0.4 is 19.5 Å². The summed E-state index contributed by atoms with van der Waals surface area (Å²) in [4.78, 5) is 0. The molecule has 4 nitrogen and oxygen atoms in total. The molecule has 142 valence electrons. The van der Waals surface area contributed by atoms with Gasteiger partial charge in [-0.3, -0.25) is 0 Å². The van der Waals surface area contributed by atoms with Crippen LogP contribution in [0.5, 0.6) is 17.2 Å². The van der Waals surface area contributed by atoms with Crippen LogP contribution in [0.3, 0.4) is 0 Å². The summed E-state index contributed by atoms with van der Waals surface area (Å²) in [5.41, 5.74) is 2.22. The minimum absolute atomic E-state index is 0.490. The van der Waals surface area contributed by atoms with Crippen molar-refractivity contribution in [3.63, 3.8) is 0 Å². The Labute approximate surface area is 161 Å². The van der Waals surface area contributed by atoms with Gasteiger partial charge in [0.2, 0.25) is 0 Å². The lowest BCUT2D eigenvalue weighted by molar-refractivity contribution is 0.308. The number of rotatable bonds is 10. The SMILES string of the molecule is CCC(C)c1ccccc1OCCNCc1cc(OC)c(OC)cc1Cl. The summed E-state index contributed by atoms with van der Waals surface area (Å²) in [6.45, 7) is 6.36. The number of benzene rings is 2. The molecule has 1 N–H and O–H groups in total. The minimum atomic E-state index is 0.490. The molecule has 1 unspecified atom stereocenters. The lowest BCUT2D eigenvalue weighted by atomic mass is 9.98. The average Bonchev–Trinajstić information content (AvgIpc) is 2.68. The van der Waals surface area contributed by atoms with E-state index < -0.39 is 0 Å². The lowest BCUT2D eigenvalue weighted by Gasteiger charge is -2.16. The fraction of sp³-hybridized carbons (Fsp3) is 0.429. The zero-order chi connectivity index (χ0) is 18.9. The summed E-state index contributed by atoms with van der Waals surface area (Å²) >= 11 is 6.31. The van der Waals surface area contributed by atoms with Gasteiger partial charge in [0, 0.05) is 24.2 Å². The van der Waals surface area contributed by atoms with E-state index in [0.29, 0.717) is 35.6 Å². The van der Waals surface area contributed by atoms with Crippen molar-refractivity contribution in [3.05, 3.63) is 52.5 Å². The van der Waals surface area contributed by atoms with Gasteiger partial charge in [0.1, 0.15) is 12.4 Å². The number of hydrogen-bond acceptors (Lipinski definition) is 4. The Morgan fingerprint density at radius 2 is 1.73 bits per heavy atom. The van der Waals surface area contributed by atoms with Gasteiger partial charge in [0.05, 0.1) is 14.2 Å². The van der Waals surface area contributed by atoms with Crippen LogP contribution >= 0.6 is 11.6 Å². The quantitative estimate of drug-likeness (QED) is 0.589. The fourth-order valence-corrected chi connectivity index (χ4v) is 2.95. The van der Waals surface area contributed by atoms with Gasteiger partial charge in [-0.1, -0.05) is 43.6 Å². The minimum Gasteiger partial charge on any atom is -0.493 e. The molecule has 5 heteroatoms. The highest BCUT2D eigenvalue weighted by molar-refractivity contribution is 6.31. The Bertz CT molecular complexity index is 706. The van der Waals surface area contributed by atoms with E-state index in [-0.39, 0.29) is 0 Å². The van der Waals surface area contributed by atoms with Crippen LogP contribution in [-0.2, 0) is 6.54 Å². The summed E-state index contributed by atoms with van der Waals surface area (Å²) in [7, 11) is 3.21. The molecule has 2 rings (SSSR count). The first kappa shape index (κ1) is 20.4. The largest absolute Gasteiger partial charge is 0.493 e. The molecule has 0 aliphatic heterocycles. The first-order valence-electron chi connectivity index (χ1n) is 8.93. The predicted octanol–water partition coefficient (Wildman–Crippen LogP) is 5.04. The van der Waals surface area contributed by atoms with Crippen LogP contribution in [0.4, 0.5) is 0 Å². The standard InChI is InChI=1S/C21H28ClNO3/c1-5-15(2)17-8-6-7-9-19(17)26-11-10-23-14-16-12-20(24-3)21(25-4)13-18(16)22/h6-9,12-13,15,23H,5,10-11,14H2,1-4H3. The van der Waals surface area contributed by atoms with Crippen molar-refractivity contribution in [1.82, 2.24) is 5.32 Å². The van der Waals surface area contributed by atoms with E-state index in [2.05, 4.69) is 31.3 Å². The van der Waals surface area contributed by atoms with Crippen molar-refractivity contribution >= 4 is 11.6 Å². The van der Waals surface area contributed by atoms with Gasteiger partial charge in [0.25, 0.3) is 0 Å². The van der Waals surface area contributed by atoms with E-state index >= 15 is 0 Å². The molecule has 0 bridgehead atoms. The average molecular weight is 378 g/mol. The maximum Gasteiger partial charge on any atom is 0.162 e. The molecule has 0 aliphatic carbocycles. The Morgan fingerprint density at radius 1 is 1.04 bits per heavy atom. The Hall–Kier alpha value is -1.91. The monoisotopic (exact) mass is 377 g/mol. The number of hydrogen-bond donors (Lipinski definition) is 1. The van der Waals surface area contributed by atoms with Crippen LogP contribution in [0.2, 0.25) is 5.02 Å². The second-order valence-corrected chi connectivity index (χ2v) is 6.58. The van der Waals surface area contributed by atoms with Crippen molar-refractivity contribution in [1.29, 1.82) is 0 Å². The van der Waals surface area contributed by atoms with E-state index in [0.717, 1.165) is 24.3 Å². The second kappa shape index (κ2) is 10.3. The van der Waals surface area contributed by atoms with Crippen molar-refractivity contribution in [2.24, 2.45) is 0 Å². The lowest BCUT2D eigenvalue weighted by Crippen LogP contribution is -2.21. The molecule has 2 aromatic carbocycles. The molecule has 1 atom stereocenters. The van der Waals surface area contributed by atoms with E-state index in [1.165, 1.54) is 5.56 Å². The first-order chi connectivity index (χ1) is 12.6. The van der Waals surface area contributed by atoms with E-state index in [1.54, 1.807) is 20.3 Å². The van der Waals surface area contributed by atoms with Crippen molar-refractivity contribution in [2.45, 2.75) is 32.7 Å². The van der Waals surface area contributed by atoms with Gasteiger partial charge in [-0.05, 0) is 35.6 Å². The van der Waals surface area contributed by atoms with Crippen LogP contribution in [0.15, 0.2) is 36.4 Å². The predicted molar refractivity (Wildman–Crippen MR) is 107 cm³/mol. The number of ether oxygens (including phenoxy) is 3. The highest BCUT2D eigenvalue weighted by atomic mass is 35.5. The van der Waals surface area contributed by atoms with Gasteiger partial charge < -0.3 is 19.5 Å². The van der Waals surface area contributed by atoms with Crippen LogP contribution in [0.25, 0.3) is 0 Å². The van der Waals surface area contributed by atoms with Crippen molar-refractivity contribution in [3.8, 4) is 17.2 Å². The molecule has 0 heterocycles. The molecule has 0 spiro atoms. The third-order valence-electron chi connectivity index (χ3n) is 4.47. The van der Waals surface area contributed by atoms with E-state index in [1.807, 2.05) is 18.2 Å². The van der Waals surface area contributed by atoms with E-state index in [4.69, 9.17) is 25.8 Å². The maximum absolute atomic E-state index is 6.31. The summed E-state index contributed by atoms with van der Waals surface area (Å²) < 4.78 is 16.6. The normalized spacial score (nSPS) is 11.9. The van der Waals surface area contributed by atoms with Gasteiger partial charge in [-0.25, -0.2) is 0 Å². The number of methoxy groups -OCH3 is 2. The smallest absolute Gasteiger partial charge is 0.162 e. The molecule has 0 saturated carbocycles. The van der Waals surface area contributed by atoms with Gasteiger partial charge in [0.15, 0.2) is 11.5 Å². The molecule has 0 saturated heterocycles. The summed E-state index contributed by atoms with van der Waals surface area (Å²) in [5.74, 6) is 2.76. The summed E-state index contributed by atoms with van der Waals surface area (Å²) in [6.07, 6.45) is 1.09. The maximum atomic E-state index is 6.31. The fourth-order valence-electron chi connectivity index (χ4n) is 2.73. The molecule has 0 radical (unpaired) electrons. The first-order valence-corrected chi connectivity index (χ1v) is 9.31. The number of nitrogens with one attached hydrogen (secondary N) is 1. The highest BCUT2D eigenvalue weighted by Crippen LogP contribution is 2.33. The Kier molecular flexibility index (Phi) is 8.07. The molecule has 0 fully saturated rings. The molecule has 0 aromatic heterocycles. The molecular formula is C21H28ClNO3. The summed E-state index contributed by atoms with van der Waals surface area (Å²) in [6, 6.07) is 11.9.